The van der Waals surface area contributed by atoms with E-state index in [1.807, 2.05) is 0 Å². The summed E-state index contributed by atoms with van der Waals surface area (Å²) < 4.78 is 0. The Labute approximate surface area is 117 Å². The van der Waals surface area contributed by atoms with Gasteiger partial charge in [-0.2, -0.15) is 0 Å². The van der Waals surface area contributed by atoms with E-state index in [1.54, 1.807) is 0 Å². The molecule has 0 aliphatic carbocycles. The third kappa shape index (κ3) is 4.46. The first-order valence-electron chi connectivity index (χ1n) is 7.62. The van der Waals surface area contributed by atoms with Crippen LogP contribution in [0.3, 0.4) is 0 Å². The fourth-order valence-electron chi connectivity index (χ4n) is 3.45. The monoisotopic (exact) mass is 270 g/mol. The molecule has 0 aromatic heterocycles. The van der Waals surface area contributed by atoms with Crippen LogP contribution in [0.4, 0.5) is 0 Å². The van der Waals surface area contributed by atoms with Gasteiger partial charge in [-0.1, -0.05) is 27.7 Å². The first-order chi connectivity index (χ1) is 8.93. The van der Waals surface area contributed by atoms with Crippen molar-refractivity contribution in [1.82, 2.24) is 9.80 Å². The number of piperidine rings is 1. The summed E-state index contributed by atoms with van der Waals surface area (Å²) >= 11 is 0. The molecule has 1 rings (SSSR count). The predicted octanol–water partition coefficient (Wildman–Crippen LogP) is 2.29. The Hall–Kier alpha value is -0.610. The lowest BCUT2D eigenvalue weighted by molar-refractivity contribution is -0.141. The van der Waals surface area contributed by atoms with Crippen molar-refractivity contribution in [2.24, 2.45) is 5.92 Å². The standard InChI is InChI=1S/C15H30N2O2/c1-5-17(6-2)15(11-14(18)19)7-9-16(10-8-15)12-13(3)4/h13H,5-12H2,1-4H3,(H,18,19). The maximum atomic E-state index is 11.2. The number of carbonyl (C=O) groups is 1. The van der Waals surface area contributed by atoms with Crippen molar-refractivity contribution in [2.75, 3.05) is 32.7 Å². The van der Waals surface area contributed by atoms with Gasteiger partial charge in [-0.3, -0.25) is 9.69 Å². The largest absolute Gasteiger partial charge is 0.481 e. The molecule has 0 aromatic rings. The molecule has 0 spiro atoms. The van der Waals surface area contributed by atoms with Gasteiger partial charge in [-0.05, 0) is 44.9 Å². The van der Waals surface area contributed by atoms with Crippen LogP contribution in [0.15, 0.2) is 0 Å². The number of likely N-dealkylation sites (tertiary alicyclic amines) is 1. The van der Waals surface area contributed by atoms with E-state index in [0.29, 0.717) is 5.92 Å². The molecule has 0 aromatic carbocycles. The van der Waals surface area contributed by atoms with Crippen LogP contribution >= 0.6 is 0 Å². The third-order valence-corrected chi connectivity index (χ3v) is 4.32. The van der Waals surface area contributed by atoms with Crippen LogP contribution in [0.1, 0.15) is 47.0 Å². The molecule has 1 heterocycles. The highest BCUT2D eigenvalue weighted by Crippen LogP contribution is 2.32. The topological polar surface area (TPSA) is 43.8 Å². The fraction of sp³-hybridized carbons (Fsp3) is 0.933. The maximum absolute atomic E-state index is 11.2. The summed E-state index contributed by atoms with van der Waals surface area (Å²) in [6, 6.07) is 0. The second kappa shape index (κ2) is 7.25. The van der Waals surface area contributed by atoms with E-state index in [1.165, 1.54) is 0 Å². The zero-order chi connectivity index (χ0) is 14.5. The normalized spacial score (nSPS) is 20.1. The molecule has 19 heavy (non-hydrogen) atoms. The second-order valence-electron chi connectivity index (χ2n) is 6.16. The zero-order valence-electron chi connectivity index (χ0n) is 13.0. The lowest BCUT2D eigenvalue weighted by Gasteiger charge is -2.48. The van der Waals surface area contributed by atoms with Gasteiger partial charge in [0.25, 0.3) is 0 Å². The molecule has 1 fully saturated rings. The lowest BCUT2D eigenvalue weighted by Crippen LogP contribution is -2.56. The minimum absolute atomic E-state index is 0.122. The number of nitrogens with zero attached hydrogens (tertiary/aromatic N) is 2. The van der Waals surface area contributed by atoms with Gasteiger partial charge in [0.2, 0.25) is 0 Å². The highest BCUT2D eigenvalue weighted by Gasteiger charge is 2.40. The van der Waals surface area contributed by atoms with E-state index in [-0.39, 0.29) is 12.0 Å². The summed E-state index contributed by atoms with van der Waals surface area (Å²) in [4.78, 5) is 16.1. The van der Waals surface area contributed by atoms with E-state index in [0.717, 1.165) is 45.6 Å². The lowest BCUT2D eigenvalue weighted by atomic mass is 9.82. The number of rotatable bonds is 7. The summed E-state index contributed by atoms with van der Waals surface area (Å²) in [5.41, 5.74) is -0.122. The number of aliphatic carboxylic acids is 1. The molecule has 1 aliphatic rings. The first-order valence-corrected chi connectivity index (χ1v) is 7.62. The summed E-state index contributed by atoms with van der Waals surface area (Å²) in [5.74, 6) is 0.0182. The Morgan fingerprint density at radius 1 is 1.26 bits per heavy atom. The molecule has 0 unspecified atom stereocenters. The Morgan fingerprint density at radius 3 is 2.16 bits per heavy atom. The third-order valence-electron chi connectivity index (χ3n) is 4.32. The SMILES string of the molecule is CCN(CC)C1(CC(=O)O)CCN(CC(C)C)CC1. The van der Waals surface area contributed by atoms with Crippen molar-refractivity contribution in [3.8, 4) is 0 Å². The Morgan fingerprint density at radius 2 is 1.79 bits per heavy atom. The average Bonchev–Trinajstić information content (AvgIpc) is 2.32. The van der Waals surface area contributed by atoms with Crippen molar-refractivity contribution in [1.29, 1.82) is 0 Å². The molecule has 1 aliphatic heterocycles. The van der Waals surface area contributed by atoms with Gasteiger partial charge in [-0.25, -0.2) is 0 Å². The van der Waals surface area contributed by atoms with Crippen molar-refractivity contribution >= 4 is 5.97 Å². The first kappa shape index (κ1) is 16.4. The molecule has 4 nitrogen and oxygen atoms in total. The smallest absolute Gasteiger partial charge is 0.305 e. The number of carboxylic acid groups (broad SMARTS) is 1. The summed E-state index contributed by atoms with van der Waals surface area (Å²) in [7, 11) is 0. The van der Waals surface area contributed by atoms with Crippen molar-refractivity contribution < 1.29 is 9.90 Å². The Bertz CT molecular complexity index is 280. The molecular weight excluding hydrogens is 240 g/mol. The van der Waals surface area contributed by atoms with E-state index < -0.39 is 5.97 Å². The average molecular weight is 270 g/mol. The Kier molecular flexibility index (Phi) is 6.27. The van der Waals surface area contributed by atoms with Crippen molar-refractivity contribution in [3.05, 3.63) is 0 Å². The molecule has 1 saturated heterocycles. The second-order valence-corrected chi connectivity index (χ2v) is 6.16. The van der Waals surface area contributed by atoms with Crippen LogP contribution in [-0.4, -0.2) is 59.1 Å². The van der Waals surface area contributed by atoms with Crippen LogP contribution in [0.5, 0.6) is 0 Å². The van der Waals surface area contributed by atoms with Gasteiger partial charge in [0, 0.05) is 12.1 Å². The molecule has 0 amide bonds. The van der Waals surface area contributed by atoms with Gasteiger partial charge >= 0.3 is 5.97 Å². The van der Waals surface area contributed by atoms with E-state index >= 15 is 0 Å². The number of hydrogen-bond donors (Lipinski definition) is 1. The number of hydrogen-bond acceptors (Lipinski definition) is 3. The van der Waals surface area contributed by atoms with Crippen LogP contribution in [0, 0.1) is 5.92 Å². The van der Waals surface area contributed by atoms with Gasteiger partial charge < -0.3 is 10.0 Å². The minimum Gasteiger partial charge on any atom is -0.481 e. The van der Waals surface area contributed by atoms with Crippen LogP contribution in [0.25, 0.3) is 0 Å². The molecule has 1 N–H and O–H groups in total. The van der Waals surface area contributed by atoms with Crippen LogP contribution < -0.4 is 0 Å². The van der Waals surface area contributed by atoms with Crippen LogP contribution in [-0.2, 0) is 4.79 Å². The quantitative estimate of drug-likeness (QED) is 0.771. The molecule has 112 valence electrons. The van der Waals surface area contributed by atoms with Crippen molar-refractivity contribution in [2.45, 2.75) is 52.5 Å². The molecule has 0 atom stereocenters. The molecule has 0 saturated carbocycles. The summed E-state index contributed by atoms with van der Waals surface area (Å²) in [5, 5.41) is 9.24. The Balaban J connectivity index is 2.71. The fourth-order valence-corrected chi connectivity index (χ4v) is 3.45. The van der Waals surface area contributed by atoms with Gasteiger partial charge in [0.15, 0.2) is 0 Å². The van der Waals surface area contributed by atoms with Gasteiger partial charge in [-0.15, -0.1) is 0 Å². The molecule has 0 bridgehead atoms. The summed E-state index contributed by atoms with van der Waals surface area (Å²) in [6.45, 7) is 13.8. The highest BCUT2D eigenvalue weighted by atomic mass is 16.4. The summed E-state index contributed by atoms with van der Waals surface area (Å²) in [6.07, 6.45) is 2.24. The molecule has 4 heteroatoms. The van der Waals surface area contributed by atoms with Crippen molar-refractivity contribution in [3.63, 3.8) is 0 Å². The zero-order valence-corrected chi connectivity index (χ0v) is 13.0. The van der Waals surface area contributed by atoms with E-state index in [4.69, 9.17) is 0 Å². The predicted molar refractivity (Wildman–Crippen MR) is 78.4 cm³/mol. The minimum atomic E-state index is -0.663. The maximum Gasteiger partial charge on any atom is 0.305 e. The van der Waals surface area contributed by atoms with Gasteiger partial charge in [0.05, 0.1) is 6.42 Å². The van der Waals surface area contributed by atoms with Crippen LogP contribution in [0.2, 0.25) is 0 Å². The molecular formula is C15H30N2O2. The highest BCUT2D eigenvalue weighted by molar-refractivity contribution is 5.68. The van der Waals surface area contributed by atoms with Gasteiger partial charge in [0.1, 0.15) is 0 Å². The molecule has 0 radical (unpaired) electrons. The number of carboxylic acids is 1. The van der Waals surface area contributed by atoms with E-state index in [9.17, 15) is 9.90 Å². The van der Waals surface area contributed by atoms with E-state index in [2.05, 4.69) is 37.5 Å².